The molecule has 0 radical (unpaired) electrons. The fourth-order valence-corrected chi connectivity index (χ4v) is 2.31. The van der Waals surface area contributed by atoms with Crippen molar-refractivity contribution in [2.24, 2.45) is 5.41 Å². The van der Waals surface area contributed by atoms with Gasteiger partial charge in [-0.05, 0) is 19.3 Å². The van der Waals surface area contributed by atoms with Gasteiger partial charge in [0, 0.05) is 29.6 Å². The van der Waals surface area contributed by atoms with Gasteiger partial charge in [-0.1, -0.05) is 20.8 Å². The molecular weight excluding hydrogens is 230 g/mol. The Balaban J connectivity index is 3.38. The Morgan fingerprint density at radius 3 is 2.06 bits per heavy atom. The topological polar surface area (TPSA) is 59.3 Å². The number of aryl methyl sites for hydroxylation is 2. The number of rotatable bonds is 3. The Labute approximate surface area is 107 Å². The molecule has 1 aromatic heterocycles. The second-order valence-electron chi connectivity index (χ2n) is 5.82. The molecule has 0 bridgehead atoms. The molecule has 1 atom stereocenters. The summed E-state index contributed by atoms with van der Waals surface area (Å²) in [5.74, 6) is -0.826. The average Bonchev–Trinajstić information content (AvgIpc) is 2.12. The maximum absolute atomic E-state index is 11.4. The van der Waals surface area contributed by atoms with Crippen LogP contribution in [0.25, 0.3) is 0 Å². The highest BCUT2D eigenvalue weighted by atomic mass is 16.4. The first-order valence-electron chi connectivity index (χ1n) is 6.04. The molecule has 1 heterocycles. The molecule has 0 aromatic carbocycles. The van der Waals surface area contributed by atoms with Crippen molar-refractivity contribution in [2.75, 3.05) is 0 Å². The van der Waals surface area contributed by atoms with Gasteiger partial charge in [-0.25, -0.2) is 0 Å². The molecular formula is C14H21NO3. The van der Waals surface area contributed by atoms with Crippen molar-refractivity contribution >= 4 is 5.97 Å². The lowest BCUT2D eigenvalue weighted by Crippen LogP contribution is -2.30. The molecule has 0 aliphatic rings. The lowest BCUT2D eigenvalue weighted by atomic mass is 9.84. The summed E-state index contributed by atoms with van der Waals surface area (Å²) in [5, 5.41) is 9.07. The van der Waals surface area contributed by atoms with Crippen LogP contribution in [0.1, 0.15) is 44.6 Å². The van der Waals surface area contributed by atoms with Crippen molar-refractivity contribution in [3.63, 3.8) is 0 Å². The molecule has 0 saturated carbocycles. The highest BCUT2D eigenvalue weighted by molar-refractivity contribution is 5.67. The number of hydrogen-bond acceptors (Lipinski definition) is 2. The Hall–Kier alpha value is -1.58. The van der Waals surface area contributed by atoms with Crippen molar-refractivity contribution in [1.29, 1.82) is 0 Å². The summed E-state index contributed by atoms with van der Waals surface area (Å²) in [6, 6.07) is 2.93. The second-order valence-corrected chi connectivity index (χ2v) is 5.82. The summed E-state index contributed by atoms with van der Waals surface area (Å²) in [6.07, 6.45) is 0.0497. The summed E-state index contributed by atoms with van der Waals surface area (Å²) in [6.45, 7) is 9.72. The fraction of sp³-hybridized carbons (Fsp3) is 0.571. The van der Waals surface area contributed by atoms with Crippen LogP contribution in [0.5, 0.6) is 0 Å². The van der Waals surface area contributed by atoms with E-state index >= 15 is 0 Å². The summed E-state index contributed by atoms with van der Waals surface area (Å²) in [5.41, 5.74) is 1.38. The molecule has 4 nitrogen and oxygen atoms in total. The predicted octanol–water partition coefficient (Wildman–Crippen LogP) is 2.53. The van der Waals surface area contributed by atoms with Crippen LogP contribution in [-0.4, -0.2) is 15.6 Å². The van der Waals surface area contributed by atoms with Gasteiger partial charge in [0.2, 0.25) is 0 Å². The van der Waals surface area contributed by atoms with Crippen molar-refractivity contribution in [2.45, 2.75) is 47.1 Å². The van der Waals surface area contributed by atoms with Gasteiger partial charge < -0.3 is 9.67 Å². The fourth-order valence-electron chi connectivity index (χ4n) is 2.31. The Kier molecular flexibility index (Phi) is 3.99. The first-order chi connectivity index (χ1) is 8.12. The first kappa shape index (κ1) is 14.5. The molecule has 18 heavy (non-hydrogen) atoms. The molecule has 0 spiro atoms. The van der Waals surface area contributed by atoms with Gasteiger partial charge in [0.05, 0.1) is 6.42 Å². The highest BCUT2D eigenvalue weighted by Gasteiger charge is 2.29. The molecule has 100 valence electrons. The van der Waals surface area contributed by atoms with Crippen LogP contribution in [0.2, 0.25) is 0 Å². The van der Waals surface area contributed by atoms with Crippen LogP contribution in [0.3, 0.4) is 0 Å². The number of aromatic nitrogens is 1. The van der Waals surface area contributed by atoms with E-state index in [1.165, 1.54) is 0 Å². The molecule has 0 fully saturated rings. The number of nitrogens with zero attached hydrogens (tertiary/aromatic N) is 1. The molecule has 4 heteroatoms. The molecule has 1 unspecified atom stereocenters. The molecule has 0 aliphatic heterocycles. The quantitative estimate of drug-likeness (QED) is 0.898. The van der Waals surface area contributed by atoms with Crippen LogP contribution in [-0.2, 0) is 4.79 Å². The number of carbonyl (C=O) groups is 1. The Morgan fingerprint density at radius 2 is 1.72 bits per heavy atom. The minimum absolute atomic E-state index is 0.0377. The van der Waals surface area contributed by atoms with Gasteiger partial charge in [0.1, 0.15) is 0 Å². The van der Waals surface area contributed by atoms with Crippen molar-refractivity contribution in [3.05, 3.63) is 33.7 Å². The molecule has 1 aromatic rings. The molecule has 1 N–H and O–H groups in total. The minimum atomic E-state index is -0.826. The van der Waals surface area contributed by atoms with E-state index in [2.05, 4.69) is 0 Å². The summed E-state index contributed by atoms with van der Waals surface area (Å²) in [7, 11) is 0. The summed E-state index contributed by atoms with van der Waals surface area (Å²) < 4.78 is 1.95. The van der Waals surface area contributed by atoms with E-state index in [4.69, 9.17) is 5.11 Å². The number of aliphatic carboxylic acids is 1. The molecule has 0 saturated heterocycles. The Morgan fingerprint density at radius 1 is 1.28 bits per heavy atom. The molecule has 0 aliphatic carbocycles. The number of pyridine rings is 1. The van der Waals surface area contributed by atoms with Crippen LogP contribution in [0.4, 0.5) is 0 Å². The van der Waals surface area contributed by atoms with E-state index in [0.717, 1.165) is 11.4 Å². The van der Waals surface area contributed by atoms with E-state index in [9.17, 15) is 9.59 Å². The van der Waals surface area contributed by atoms with Gasteiger partial charge >= 0.3 is 5.97 Å². The standard InChI is InChI=1S/C14H21NO3/c1-9-6-11(16)7-10(2)15(9)12(8-13(17)18)14(3,4)5/h6-7,12H,8H2,1-5H3,(H,17,18). The maximum Gasteiger partial charge on any atom is 0.305 e. The van der Waals surface area contributed by atoms with Gasteiger partial charge in [0.15, 0.2) is 5.43 Å². The van der Waals surface area contributed by atoms with Crippen molar-refractivity contribution in [3.8, 4) is 0 Å². The monoisotopic (exact) mass is 251 g/mol. The third kappa shape index (κ3) is 3.22. The summed E-state index contributed by atoms with van der Waals surface area (Å²) >= 11 is 0. The smallest absolute Gasteiger partial charge is 0.305 e. The van der Waals surface area contributed by atoms with Crippen LogP contribution in [0.15, 0.2) is 16.9 Å². The number of hydrogen-bond donors (Lipinski definition) is 1. The largest absolute Gasteiger partial charge is 0.481 e. The van der Waals surface area contributed by atoms with Crippen LogP contribution in [0, 0.1) is 19.3 Å². The lowest BCUT2D eigenvalue weighted by molar-refractivity contribution is -0.138. The van der Waals surface area contributed by atoms with Crippen molar-refractivity contribution < 1.29 is 9.90 Å². The highest BCUT2D eigenvalue weighted by Crippen LogP contribution is 2.34. The van der Waals surface area contributed by atoms with Gasteiger partial charge in [-0.2, -0.15) is 0 Å². The Bertz CT molecular complexity index is 483. The van der Waals surface area contributed by atoms with E-state index in [0.29, 0.717) is 0 Å². The SMILES string of the molecule is Cc1cc(=O)cc(C)n1C(CC(=O)O)C(C)(C)C. The third-order valence-electron chi connectivity index (χ3n) is 3.14. The zero-order valence-corrected chi connectivity index (χ0v) is 11.7. The van der Waals surface area contributed by atoms with E-state index in [1.54, 1.807) is 12.1 Å². The average molecular weight is 251 g/mol. The minimum Gasteiger partial charge on any atom is -0.481 e. The number of carboxylic acids is 1. The zero-order valence-electron chi connectivity index (χ0n) is 11.7. The zero-order chi connectivity index (χ0) is 14.1. The number of carboxylic acid groups (broad SMARTS) is 1. The molecule has 1 rings (SSSR count). The van der Waals surface area contributed by atoms with Crippen LogP contribution < -0.4 is 5.43 Å². The first-order valence-corrected chi connectivity index (χ1v) is 6.04. The maximum atomic E-state index is 11.4. The second kappa shape index (κ2) is 4.96. The third-order valence-corrected chi connectivity index (χ3v) is 3.14. The van der Waals surface area contributed by atoms with Gasteiger partial charge in [0.25, 0.3) is 0 Å². The van der Waals surface area contributed by atoms with E-state index in [1.807, 2.05) is 39.2 Å². The summed E-state index contributed by atoms with van der Waals surface area (Å²) in [4.78, 5) is 22.5. The lowest BCUT2D eigenvalue weighted by Gasteiger charge is -2.34. The van der Waals surface area contributed by atoms with Gasteiger partial charge in [-0.3, -0.25) is 9.59 Å². The van der Waals surface area contributed by atoms with Gasteiger partial charge in [-0.15, -0.1) is 0 Å². The molecule has 0 amide bonds. The normalized spacial score (nSPS) is 13.4. The van der Waals surface area contributed by atoms with E-state index in [-0.39, 0.29) is 23.3 Å². The van der Waals surface area contributed by atoms with Crippen LogP contribution >= 0.6 is 0 Å². The van der Waals surface area contributed by atoms with Crippen molar-refractivity contribution in [1.82, 2.24) is 4.57 Å². The predicted molar refractivity (Wildman–Crippen MR) is 70.9 cm³/mol. The van der Waals surface area contributed by atoms with E-state index < -0.39 is 5.97 Å².